The Labute approximate surface area is 190 Å². The first-order chi connectivity index (χ1) is 14.7. The fraction of sp³-hybridized carbons (Fsp3) is 0.667. The van der Waals surface area contributed by atoms with E-state index in [0.29, 0.717) is 17.3 Å². The van der Waals surface area contributed by atoms with Crippen molar-refractivity contribution in [3.63, 3.8) is 0 Å². The molecule has 6 atom stereocenters. The molecule has 1 aromatic carbocycles. The number of hydrogen-bond acceptors (Lipinski definition) is 1. The van der Waals surface area contributed by atoms with Gasteiger partial charge in [0.25, 0.3) is 0 Å². The molecule has 168 valence electrons. The van der Waals surface area contributed by atoms with Crippen LogP contribution in [0.25, 0.3) is 0 Å². The summed E-state index contributed by atoms with van der Waals surface area (Å²) in [5.41, 5.74) is 7.40. The van der Waals surface area contributed by atoms with Gasteiger partial charge in [-0.3, -0.25) is 0 Å². The van der Waals surface area contributed by atoms with Gasteiger partial charge in [0, 0.05) is 0 Å². The van der Waals surface area contributed by atoms with Crippen LogP contribution in [0.3, 0.4) is 0 Å². The molecule has 0 bridgehead atoms. The highest BCUT2D eigenvalue weighted by atomic mass is 16.3. The third-order valence-electron chi connectivity index (χ3n) is 10.5. The van der Waals surface area contributed by atoms with E-state index >= 15 is 0 Å². The van der Waals surface area contributed by atoms with Crippen molar-refractivity contribution in [1.29, 1.82) is 0 Å². The van der Waals surface area contributed by atoms with Gasteiger partial charge in [0.2, 0.25) is 0 Å². The van der Waals surface area contributed by atoms with E-state index in [0.717, 1.165) is 12.3 Å². The second-order valence-corrected chi connectivity index (χ2v) is 12.4. The lowest BCUT2D eigenvalue weighted by Crippen LogP contribution is -2.53. The average Bonchev–Trinajstić information content (AvgIpc) is 3.09. The Balaban J connectivity index is 1.44. The summed E-state index contributed by atoms with van der Waals surface area (Å²) in [6.07, 6.45) is 12.1. The van der Waals surface area contributed by atoms with Gasteiger partial charge in [-0.2, -0.15) is 0 Å². The molecule has 31 heavy (non-hydrogen) atoms. The topological polar surface area (TPSA) is 20.2 Å². The van der Waals surface area contributed by atoms with Gasteiger partial charge in [0.1, 0.15) is 0 Å². The van der Waals surface area contributed by atoms with Crippen molar-refractivity contribution in [2.24, 2.45) is 34.0 Å². The summed E-state index contributed by atoms with van der Waals surface area (Å²) < 4.78 is 0. The van der Waals surface area contributed by atoms with E-state index < -0.39 is 0 Å². The number of benzene rings is 1. The molecule has 0 unspecified atom stereocenters. The summed E-state index contributed by atoms with van der Waals surface area (Å²) in [7, 11) is 0. The molecule has 4 aliphatic rings. The maximum atomic E-state index is 10.8. The molecule has 0 aliphatic heterocycles. The normalized spacial score (nSPS) is 39.9. The fourth-order valence-corrected chi connectivity index (χ4v) is 8.70. The maximum Gasteiger partial charge on any atom is 0.0594 e. The summed E-state index contributed by atoms with van der Waals surface area (Å²) in [4.78, 5) is 0. The highest BCUT2D eigenvalue weighted by Gasteiger charge is 2.57. The molecule has 0 amide bonds. The maximum absolute atomic E-state index is 10.8. The number of hydrogen-bond donors (Lipinski definition) is 1. The minimum Gasteiger partial charge on any atom is -0.393 e. The Morgan fingerprint density at radius 3 is 2.45 bits per heavy atom. The monoisotopic (exact) mass is 418 g/mol. The highest BCUT2D eigenvalue weighted by molar-refractivity contribution is 5.50. The summed E-state index contributed by atoms with van der Waals surface area (Å²) in [6, 6.07) is 11.1. The fourth-order valence-electron chi connectivity index (χ4n) is 8.70. The summed E-state index contributed by atoms with van der Waals surface area (Å²) in [6.45, 7) is 12.3. The Morgan fingerprint density at radius 1 is 0.968 bits per heavy atom. The molecular formula is C30H42O. The van der Waals surface area contributed by atoms with E-state index in [4.69, 9.17) is 0 Å². The number of allylic oxidation sites excluding steroid dienone is 4. The van der Waals surface area contributed by atoms with Crippen LogP contribution in [-0.2, 0) is 6.42 Å². The van der Waals surface area contributed by atoms with Gasteiger partial charge in [0.05, 0.1) is 6.10 Å². The smallest absolute Gasteiger partial charge is 0.0594 e. The molecule has 0 radical (unpaired) electrons. The van der Waals surface area contributed by atoms with Crippen LogP contribution in [0.4, 0.5) is 0 Å². The lowest BCUT2D eigenvalue weighted by molar-refractivity contribution is -0.0905. The van der Waals surface area contributed by atoms with Gasteiger partial charge in [-0.15, -0.1) is 0 Å². The largest absolute Gasteiger partial charge is 0.393 e. The van der Waals surface area contributed by atoms with E-state index in [2.05, 4.69) is 71.0 Å². The Hall–Kier alpha value is -1.34. The molecule has 1 saturated carbocycles. The first kappa shape index (κ1) is 21.5. The van der Waals surface area contributed by atoms with E-state index in [9.17, 15) is 5.11 Å². The third kappa shape index (κ3) is 3.13. The van der Waals surface area contributed by atoms with Crippen LogP contribution in [-0.4, -0.2) is 11.2 Å². The molecule has 0 heterocycles. The molecule has 4 aliphatic carbocycles. The first-order valence-corrected chi connectivity index (χ1v) is 12.8. The van der Waals surface area contributed by atoms with E-state index in [1.165, 1.54) is 50.5 Å². The van der Waals surface area contributed by atoms with Gasteiger partial charge < -0.3 is 5.11 Å². The van der Waals surface area contributed by atoms with Crippen molar-refractivity contribution in [3.8, 4) is 0 Å². The van der Waals surface area contributed by atoms with Crippen LogP contribution in [0.1, 0.15) is 85.1 Å². The Morgan fingerprint density at radius 2 is 1.71 bits per heavy atom. The first-order valence-electron chi connectivity index (χ1n) is 12.8. The predicted molar refractivity (Wildman–Crippen MR) is 130 cm³/mol. The van der Waals surface area contributed by atoms with Crippen LogP contribution < -0.4 is 0 Å². The zero-order valence-electron chi connectivity index (χ0n) is 20.4. The number of rotatable bonds is 3. The molecule has 0 saturated heterocycles. The van der Waals surface area contributed by atoms with Crippen LogP contribution in [0.2, 0.25) is 0 Å². The number of aliphatic hydroxyl groups excluding tert-OH is 1. The third-order valence-corrected chi connectivity index (χ3v) is 10.5. The van der Waals surface area contributed by atoms with Crippen LogP contribution >= 0.6 is 0 Å². The van der Waals surface area contributed by atoms with E-state index in [1.54, 1.807) is 16.7 Å². The van der Waals surface area contributed by atoms with Gasteiger partial charge >= 0.3 is 0 Å². The lowest BCUT2D eigenvalue weighted by atomic mass is 9.46. The van der Waals surface area contributed by atoms with Crippen LogP contribution in [0.5, 0.6) is 0 Å². The van der Waals surface area contributed by atoms with Crippen molar-refractivity contribution in [2.75, 3.05) is 0 Å². The minimum atomic E-state index is -0.143. The van der Waals surface area contributed by atoms with Crippen LogP contribution in [0.15, 0.2) is 53.1 Å². The summed E-state index contributed by atoms with van der Waals surface area (Å²) >= 11 is 0. The van der Waals surface area contributed by atoms with Gasteiger partial charge in [-0.1, -0.05) is 76.6 Å². The Kier molecular flexibility index (Phi) is 5.09. The van der Waals surface area contributed by atoms with Crippen molar-refractivity contribution in [2.45, 2.75) is 92.1 Å². The molecule has 1 heteroatoms. The Bertz CT molecular complexity index is 906. The van der Waals surface area contributed by atoms with Gasteiger partial charge in [0.15, 0.2) is 0 Å². The average molecular weight is 419 g/mol. The molecule has 0 spiro atoms. The molecular weight excluding hydrogens is 376 g/mol. The van der Waals surface area contributed by atoms with Crippen molar-refractivity contribution >= 4 is 0 Å². The zero-order chi connectivity index (χ0) is 22.0. The second-order valence-electron chi connectivity index (χ2n) is 12.4. The number of aliphatic hydroxyl groups is 1. The summed E-state index contributed by atoms with van der Waals surface area (Å²) in [5, 5.41) is 10.8. The van der Waals surface area contributed by atoms with Crippen molar-refractivity contribution in [1.82, 2.24) is 0 Å². The van der Waals surface area contributed by atoms with E-state index in [1.807, 2.05) is 0 Å². The van der Waals surface area contributed by atoms with Crippen molar-refractivity contribution in [3.05, 3.63) is 58.7 Å². The summed E-state index contributed by atoms with van der Waals surface area (Å²) in [5.74, 6) is 2.08. The van der Waals surface area contributed by atoms with Gasteiger partial charge in [-0.05, 0) is 102 Å². The molecule has 1 aromatic rings. The molecule has 1 N–H and O–H groups in total. The number of fused-ring (bicyclic) bond motifs is 4. The standard InChI is InChI=1S/C30H42O/c1-20(19-21-9-7-6-8-10-21)23-12-13-24-22-11-14-26-28(2,3)27(31)16-18-30(26,5)25(22)15-17-29(23,24)4/h6-10,13,20,23,26-27,31H,11-12,14-19H2,1-5H3/t20-,23-,26+,27+,29-,30-/m1/s1. The minimum absolute atomic E-state index is 0.0308. The van der Waals surface area contributed by atoms with Crippen molar-refractivity contribution < 1.29 is 5.11 Å². The molecule has 0 aromatic heterocycles. The predicted octanol–water partition coefficient (Wildman–Crippen LogP) is 7.51. The zero-order valence-corrected chi connectivity index (χ0v) is 20.4. The van der Waals surface area contributed by atoms with Gasteiger partial charge in [-0.25, -0.2) is 0 Å². The van der Waals surface area contributed by atoms with Crippen LogP contribution in [0, 0.1) is 34.0 Å². The molecule has 5 rings (SSSR count). The SMILES string of the molecule is C[C@H](Cc1ccccc1)[C@H]1CC=C2C3=C(CC[C@@]21C)[C@@]1(C)CC[C@H](O)C(C)(C)[C@@H]1CC3. The quantitative estimate of drug-likeness (QED) is 0.538. The highest BCUT2D eigenvalue weighted by Crippen LogP contribution is 2.66. The molecule has 1 nitrogen and oxygen atoms in total. The van der Waals surface area contributed by atoms with E-state index in [-0.39, 0.29) is 16.9 Å². The second kappa shape index (κ2) is 7.34. The lowest BCUT2D eigenvalue weighted by Gasteiger charge is -2.59. The molecule has 1 fully saturated rings.